The molecule has 0 saturated carbocycles. The van der Waals surface area contributed by atoms with Crippen LogP contribution in [0.5, 0.6) is 0 Å². The number of halogens is 2. The maximum atomic E-state index is 12.3. The summed E-state index contributed by atoms with van der Waals surface area (Å²) in [6, 6.07) is 8.94. The Kier molecular flexibility index (Phi) is 6.68. The Labute approximate surface area is 164 Å². The van der Waals surface area contributed by atoms with Crippen LogP contribution in [0.4, 0.5) is 11.4 Å². The molecule has 0 aliphatic carbocycles. The fourth-order valence-electron chi connectivity index (χ4n) is 3.04. The number of carbonyl (C=O) groups is 2. The van der Waals surface area contributed by atoms with Gasteiger partial charge in [-0.3, -0.25) is 9.59 Å². The van der Waals surface area contributed by atoms with E-state index in [0.29, 0.717) is 15.7 Å². The highest BCUT2D eigenvalue weighted by Crippen LogP contribution is 2.28. The van der Waals surface area contributed by atoms with Gasteiger partial charge in [-0.1, -0.05) is 40.9 Å². The number of carbonyl (C=O) groups excluding carboxylic acids is 2. The van der Waals surface area contributed by atoms with Gasteiger partial charge in [0.1, 0.15) is 0 Å². The van der Waals surface area contributed by atoms with Crippen LogP contribution in [0, 0.1) is 20.8 Å². The van der Waals surface area contributed by atoms with Crippen molar-refractivity contribution < 1.29 is 9.59 Å². The van der Waals surface area contributed by atoms with Crippen molar-refractivity contribution in [2.24, 2.45) is 0 Å². The smallest absolute Gasteiger partial charge is 0.226 e. The lowest BCUT2D eigenvalue weighted by Crippen LogP contribution is -2.33. The van der Waals surface area contributed by atoms with Gasteiger partial charge in [-0.2, -0.15) is 0 Å². The predicted molar refractivity (Wildman–Crippen MR) is 108 cm³/mol. The summed E-state index contributed by atoms with van der Waals surface area (Å²) in [4.78, 5) is 26.1. The van der Waals surface area contributed by atoms with Crippen LogP contribution in [0.2, 0.25) is 10.0 Å². The molecular formula is C20H22Cl2N2O2. The fraction of sp³-hybridized carbons (Fsp3) is 0.300. The molecule has 0 aliphatic rings. The zero-order chi connectivity index (χ0) is 19.4. The minimum Gasteiger partial charge on any atom is -0.325 e. The highest BCUT2D eigenvalue weighted by Gasteiger charge is 2.18. The van der Waals surface area contributed by atoms with Gasteiger partial charge < -0.3 is 10.2 Å². The highest BCUT2D eigenvalue weighted by atomic mass is 35.5. The number of rotatable bonds is 5. The lowest BCUT2D eigenvalue weighted by Gasteiger charge is -2.25. The maximum Gasteiger partial charge on any atom is 0.226 e. The van der Waals surface area contributed by atoms with E-state index in [1.54, 1.807) is 23.1 Å². The molecule has 0 aliphatic heterocycles. The van der Waals surface area contributed by atoms with Gasteiger partial charge in [0, 0.05) is 30.6 Å². The molecule has 0 saturated heterocycles. The summed E-state index contributed by atoms with van der Waals surface area (Å²) in [5.74, 6) is -0.337. The number of nitrogens with one attached hydrogen (secondary N) is 1. The normalized spacial score (nSPS) is 10.5. The Balaban J connectivity index is 2.13. The van der Waals surface area contributed by atoms with E-state index >= 15 is 0 Å². The first-order valence-electron chi connectivity index (χ1n) is 8.30. The molecule has 2 amide bonds. The zero-order valence-electron chi connectivity index (χ0n) is 15.3. The van der Waals surface area contributed by atoms with Crippen LogP contribution in [0.15, 0.2) is 30.3 Å². The number of benzene rings is 2. The summed E-state index contributed by atoms with van der Waals surface area (Å²) in [6.07, 6.45) is 0.148. The molecule has 26 heavy (non-hydrogen) atoms. The van der Waals surface area contributed by atoms with Gasteiger partial charge in [-0.25, -0.2) is 0 Å². The van der Waals surface area contributed by atoms with Crippen LogP contribution in [0.25, 0.3) is 0 Å². The lowest BCUT2D eigenvalue weighted by atomic mass is 10.0. The van der Waals surface area contributed by atoms with Gasteiger partial charge in [0.15, 0.2) is 0 Å². The molecule has 0 unspecified atom stereocenters. The van der Waals surface area contributed by atoms with Crippen LogP contribution in [0.3, 0.4) is 0 Å². The molecule has 0 radical (unpaired) electrons. The van der Waals surface area contributed by atoms with Crippen molar-refractivity contribution in [3.05, 3.63) is 57.1 Å². The van der Waals surface area contributed by atoms with Crippen LogP contribution in [0.1, 0.15) is 30.0 Å². The van der Waals surface area contributed by atoms with Gasteiger partial charge >= 0.3 is 0 Å². The third-order valence-electron chi connectivity index (χ3n) is 4.05. The molecule has 2 aromatic rings. The standard InChI is InChI=1S/C20H22Cl2N2O2/c1-12-9-13(2)20(14(3)10-12)24(15(4)25)8-7-19(26)23-18-11-16(21)5-6-17(18)22/h5-6,9-11H,7-8H2,1-4H3,(H,23,26). The summed E-state index contributed by atoms with van der Waals surface area (Å²) < 4.78 is 0. The first-order valence-corrected chi connectivity index (χ1v) is 9.05. The van der Waals surface area contributed by atoms with Crippen LogP contribution >= 0.6 is 23.2 Å². The zero-order valence-corrected chi connectivity index (χ0v) is 16.8. The molecule has 0 atom stereocenters. The molecule has 0 spiro atoms. The van der Waals surface area contributed by atoms with Crippen molar-refractivity contribution in [1.82, 2.24) is 0 Å². The van der Waals surface area contributed by atoms with E-state index in [9.17, 15) is 9.59 Å². The Morgan fingerprint density at radius 1 is 1.04 bits per heavy atom. The molecule has 138 valence electrons. The van der Waals surface area contributed by atoms with E-state index in [1.165, 1.54) is 6.92 Å². The number of hydrogen-bond acceptors (Lipinski definition) is 2. The Hall–Kier alpha value is -2.04. The monoisotopic (exact) mass is 392 g/mol. The Bertz CT molecular complexity index is 827. The first-order chi connectivity index (χ1) is 12.2. The Morgan fingerprint density at radius 3 is 2.23 bits per heavy atom. The molecule has 0 aromatic heterocycles. The van der Waals surface area contributed by atoms with Crippen molar-refractivity contribution >= 4 is 46.4 Å². The number of amides is 2. The first kappa shape index (κ1) is 20.3. The summed E-state index contributed by atoms with van der Waals surface area (Å²) in [5.41, 5.74) is 4.48. The van der Waals surface area contributed by atoms with Gasteiger partial charge in [-0.15, -0.1) is 0 Å². The molecule has 4 nitrogen and oxygen atoms in total. The number of anilines is 2. The largest absolute Gasteiger partial charge is 0.325 e. The minimum atomic E-state index is -0.233. The highest BCUT2D eigenvalue weighted by molar-refractivity contribution is 6.35. The quantitative estimate of drug-likeness (QED) is 0.749. The summed E-state index contributed by atoms with van der Waals surface area (Å²) in [6.45, 7) is 7.74. The lowest BCUT2D eigenvalue weighted by molar-refractivity contribution is -0.117. The number of nitrogens with zero attached hydrogens (tertiary/aromatic N) is 1. The van der Waals surface area contributed by atoms with E-state index < -0.39 is 0 Å². The second-order valence-corrected chi connectivity index (χ2v) is 7.18. The average Bonchev–Trinajstić information content (AvgIpc) is 2.52. The number of aryl methyl sites for hydroxylation is 3. The van der Waals surface area contributed by atoms with Crippen molar-refractivity contribution in [3.63, 3.8) is 0 Å². The Morgan fingerprint density at radius 2 is 1.65 bits per heavy atom. The third-order valence-corrected chi connectivity index (χ3v) is 4.62. The van der Waals surface area contributed by atoms with E-state index in [2.05, 4.69) is 5.32 Å². The van der Waals surface area contributed by atoms with Gasteiger partial charge in [0.05, 0.1) is 10.7 Å². The SMILES string of the molecule is CC(=O)N(CCC(=O)Nc1cc(Cl)ccc1Cl)c1c(C)cc(C)cc1C. The molecule has 0 heterocycles. The van der Waals surface area contributed by atoms with Gasteiger partial charge in [0.25, 0.3) is 0 Å². The van der Waals surface area contributed by atoms with Crippen molar-refractivity contribution in [2.45, 2.75) is 34.1 Å². The third kappa shape index (κ3) is 4.99. The maximum absolute atomic E-state index is 12.3. The van der Waals surface area contributed by atoms with E-state index in [4.69, 9.17) is 23.2 Å². The van der Waals surface area contributed by atoms with E-state index in [-0.39, 0.29) is 24.8 Å². The summed E-state index contributed by atoms with van der Waals surface area (Å²) >= 11 is 12.0. The number of hydrogen-bond donors (Lipinski definition) is 1. The molecule has 2 aromatic carbocycles. The van der Waals surface area contributed by atoms with Crippen LogP contribution < -0.4 is 10.2 Å². The van der Waals surface area contributed by atoms with Crippen LogP contribution in [-0.4, -0.2) is 18.4 Å². The van der Waals surface area contributed by atoms with E-state index in [1.807, 2.05) is 32.9 Å². The molecule has 2 rings (SSSR count). The van der Waals surface area contributed by atoms with Crippen molar-refractivity contribution in [1.29, 1.82) is 0 Å². The molecular weight excluding hydrogens is 371 g/mol. The second-order valence-electron chi connectivity index (χ2n) is 6.34. The van der Waals surface area contributed by atoms with Crippen molar-refractivity contribution in [3.8, 4) is 0 Å². The summed E-state index contributed by atoms with van der Waals surface area (Å²) in [5, 5.41) is 3.64. The van der Waals surface area contributed by atoms with Crippen molar-refractivity contribution in [2.75, 3.05) is 16.8 Å². The second kappa shape index (κ2) is 8.56. The van der Waals surface area contributed by atoms with Crippen LogP contribution in [-0.2, 0) is 9.59 Å². The molecule has 0 fully saturated rings. The van der Waals surface area contributed by atoms with E-state index in [0.717, 1.165) is 22.4 Å². The fourth-order valence-corrected chi connectivity index (χ4v) is 3.38. The topological polar surface area (TPSA) is 49.4 Å². The average molecular weight is 393 g/mol. The summed E-state index contributed by atoms with van der Waals surface area (Å²) in [7, 11) is 0. The van der Waals surface area contributed by atoms with Gasteiger partial charge in [-0.05, 0) is 50.1 Å². The molecule has 6 heteroatoms. The minimum absolute atomic E-state index is 0.103. The molecule has 0 bridgehead atoms. The predicted octanol–water partition coefficient (Wildman–Crippen LogP) is 5.30. The van der Waals surface area contributed by atoms with Gasteiger partial charge in [0.2, 0.25) is 11.8 Å². The molecule has 1 N–H and O–H groups in total.